The van der Waals surface area contributed by atoms with Gasteiger partial charge in [-0.1, -0.05) is 18.2 Å². The van der Waals surface area contributed by atoms with Gasteiger partial charge in [0, 0.05) is 5.69 Å². The van der Waals surface area contributed by atoms with E-state index in [0.29, 0.717) is 29.2 Å². The molecule has 23 heavy (non-hydrogen) atoms. The van der Waals surface area contributed by atoms with E-state index in [9.17, 15) is 9.82 Å². The molecule has 0 radical (unpaired) electrons. The molecule has 7 heteroatoms. The summed E-state index contributed by atoms with van der Waals surface area (Å²) in [4.78, 5) is 12.2. The molecule has 6 nitrogen and oxygen atoms in total. The van der Waals surface area contributed by atoms with Crippen molar-refractivity contribution in [2.24, 2.45) is 0 Å². The second-order valence-electron chi connectivity index (χ2n) is 5.31. The highest BCUT2D eigenvalue weighted by atomic mass is 16.5. The predicted molar refractivity (Wildman–Crippen MR) is 89.2 cm³/mol. The van der Waals surface area contributed by atoms with Gasteiger partial charge >= 0.3 is 13.1 Å². The van der Waals surface area contributed by atoms with E-state index in [1.54, 1.807) is 25.3 Å². The lowest BCUT2D eigenvalue weighted by atomic mass is 9.79. The first kappa shape index (κ1) is 15.4. The Balaban J connectivity index is 1.75. The molecule has 1 aliphatic heterocycles. The van der Waals surface area contributed by atoms with Gasteiger partial charge in [-0.2, -0.15) is 0 Å². The molecule has 0 bridgehead atoms. The van der Waals surface area contributed by atoms with Crippen LogP contribution in [0.4, 0.5) is 16.2 Å². The van der Waals surface area contributed by atoms with Crippen molar-refractivity contribution in [2.45, 2.75) is 13.5 Å². The Kier molecular flexibility index (Phi) is 4.23. The average Bonchev–Trinajstić information content (AvgIpc) is 2.90. The van der Waals surface area contributed by atoms with Gasteiger partial charge in [-0.15, -0.1) is 0 Å². The van der Waals surface area contributed by atoms with Crippen molar-refractivity contribution in [3.05, 3.63) is 47.5 Å². The van der Waals surface area contributed by atoms with Crippen LogP contribution in [0.25, 0.3) is 0 Å². The Bertz CT molecular complexity index is 751. The Hall–Kier alpha value is -2.51. The molecule has 0 aliphatic carbocycles. The van der Waals surface area contributed by atoms with Crippen molar-refractivity contribution in [3.8, 4) is 5.75 Å². The first-order chi connectivity index (χ1) is 11.1. The summed E-state index contributed by atoms with van der Waals surface area (Å²) >= 11 is 0. The molecule has 0 saturated carbocycles. The molecule has 0 fully saturated rings. The molecule has 0 saturated heterocycles. The van der Waals surface area contributed by atoms with Crippen LogP contribution in [-0.4, -0.2) is 25.3 Å². The molecule has 118 valence electrons. The summed E-state index contributed by atoms with van der Waals surface area (Å²) < 4.78 is 10.4. The van der Waals surface area contributed by atoms with Crippen LogP contribution < -0.4 is 20.8 Å². The lowest BCUT2D eigenvalue weighted by Crippen LogP contribution is -2.29. The first-order valence-electron chi connectivity index (χ1n) is 7.22. The number of para-hydroxylation sites is 1. The number of rotatable bonds is 3. The van der Waals surface area contributed by atoms with Gasteiger partial charge in [0.05, 0.1) is 19.4 Å². The Labute approximate surface area is 134 Å². The third-order valence-corrected chi connectivity index (χ3v) is 3.76. The highest BCUT2D eigenvalue weighted by Gasteiger charge is 2.27. The van der Waals surface area contributed by atoms with Crippen LogP contribution in [0, 0.1) is 6.92 Å². The highest BCUT2D eigenvalue weighted by Crippen LogP contribution is 2.27. The van der Waals surface area contributed by atoms with E-state index >= 15 is 0 Å². The minimum absolute atomic E-state index is 0.378. The number of hydrogen-bond donors (Lipinski definition) is 3. The van der Waals surface area contributed by atoms with Crippen molar-refractivity contribution < 1.29 is 19.2 Å². The summed E-state index contributed by atoms with van der Waals surface area (Å²) in [6.45, 7) is 2.27. The number of ether oxygens (including phenoxy) is 1. The van der Waals surface area contributed by atoms with Crippen LogP contribution in [0.3, 0.4) is 0 Å². The van der Waals surface area contributed by atoms with Crippen molar-refractivity contribution in [2.75, 3.05) is 17.7 Å². The van der Waals surface area contributed by atoms with Crippen LogP contribution in [0.15, 0.2) is 36.4 Å². The van der Waals surface area contributed by atoms with E-state index in [1.165, 1.54) is 0 Å². The van der Waals surface area contributed by atoms with Gasteiger partial charge in [0.25, 0.3) is 0 Å². The average molecular weight is 312 g/mol. The largest absolute Gasteiger partial charge is 0.495 e. The lowest BCUT2D eigenvalue weighted by Gasteiger charge is -2.14. The molecule has 2 aromatic rings. The zero-order valence-electron chi connectivity index (χ0n) is 12.9. The van der Waals surface area contributed by atoms with Gasteiger partial charge in [0.2, 0.25) is 0 Å². The number of carbonyl (C=O) groups excluding carboxylic acids is 1. The fourth-order valence-corrected chi connectivity index (χ4v) is 2.54. The number of nitrogens with one attached hydrogen (secondary N) is 2. The van der Waals surface area contributed by atoms with Gasteiger partial charge in [0.1, 0.15) is 5.75 Å². The van der Waals surface area contributed by atoms with Crippen molar-refractivity contribution in [1.29, 1.82) is 0 Å². The van der Waals surface area contributed by atoms with Gasteiger partial charge < -0.3 is 25.0 Å². The fourth-order valence-electron chi connectivity index (χ4n) is 2.54. The molecule has 3 N–H and O–H groups in total. The minimum Gasteiger partial charge on any atom is -0.495 e. The number of aryl methyl sites for hydroxylation is 1. The van der Waals surface area contributed by atoms with E-state index in [2.05, 4.69) is 10.6 Å². The minimum atomic E-state index is -0.939. The molecule has 3 rings (SSSR count). The molecule has 1 heterocycles. The number of hydrogen-bond acceptors (Lipinski definition) is 4. The van der Waals surface area contributed by atoms with Gasteiger partial charge in [-0.3, -0.25) is 0 Å². The number of amides is 2. The van der Waals surface area contributed by atoms with Crippen LogP contribution in [-0.2, 0) is 11.3 Å². The Morgan fingerprint density at radius 3 is 2.91 bits per heavy atom. The summed E-state index contributed by atoms with van der Waals surface area (Å²) in [6.07, 6.45) is 0. The summed E-state index contributed by atoms with van der Waals surface area (Å²) in [5.41, 5.74) is 3.70. The topological polar surface area (TPSA) is 79.8 Å². The van der Waals surface area contributed by atoms with Gasteiger partial charge in [-0.05, 0) is 41.7 Å². The summed E-state index contributed by atoms with van der Waals surface area (Å²) in [6, 6.07) is 10.5. The second kappa shape index (κ2) is 6.32. The maximum Gasteiger partial charge on any atom is 0.491 e. The van der Waals surface area contributed by atoms with E-state index < -0.39 is 7.12 Å². The second-order valence-corrected chi connectivity index (χ2v) is 5.31. The molecule has 2 amide bonds. The fraction of sp³-hybridized carbons (Fsp3) is 0.188. The third kappa shape index (κ3) is 3.15. The SMILES string of the molecule is COc1cccc(C)c1NC(=O)Nc1ccc2c(c1)B(O)OC2. The van der Waals surface area contributed by atoms with E-state index in [1.807, 2.05) is 25.1 Å². The van der Waals surface area contributed by atoms with Crippen molar-refractivity contribution >= 4 is 30.0 Å². The summed E-state index contributed by atoms with van der Waals surface area (Å²) in [7, 11) is 0.617. The summed E-state index contributed by atoms with van der Waals surface area (Å²) in [5.74, 6) is 0.595. The van der Waals surface area contributed by atoms with Gasteiger partial charge in [-0.25, -0.2) is 4.79 Å². The molecular formula is C16H17BN2O4. The van der Waals surface area contributed by atoms with E-state index in [-0.39, 0.29) is 6.03 Å². The Morgan fingerprint density at radius 2 is 2.13 bits per heavy atom. The van der Waals surface area contributed by atoms with Crippen molar-refractivity contribution in [1.82, 2.24) is 0 Å². The normalized spacial score (nSPS) is 12.7. The number of carbonyl (C=O) groups is 1. The zero-order valence-corrected chi connectivity index (χ0v) is 12.9. The third-order valence-electron chi connectivity index (χ3n) is 3.76. The standard InChI is InChI=1S/C16H17BN2O4/c1-10-4-3-5-14(22-2)15(10)19-16(20)18-12-7-6-11-9-23-17(21)13(11)8-12/h3-8,21H,9H2,1-2H3,(H2,18,19,20). The molecule has 1 aliphatic rings. The number of urea groups is 1. The molecule has 0 spiro atoms. The van der Waals surface area contributed by atoms with Crippen LogP contribution in [0.1, 0.15) is 11.1 Å². The number of anilines is 2. The van der Waals surface area contributed by atoms with E-state index in [0.717, 1.165) is 11.1 Å². The molecule has 0 unspecified atom stereocenters. The molecule has 0 atom stereocenters. The molecule has 2 aromatic carbocycles. The molecular weight excluding hydrogens is 295 g/mol. The monoisotopic (exact) mass is 312 g/mol. The Morgan fingerprint density at radius 1 is 1.30 bits per heavy atom. The van der Waals surface area contributed by atoms with Gasteiger partial charge in [0.15, 0.2) is 0 Å². The number of benzene rings is 2. The first-order valence-corrected chi connectivity index (χ1v) is 7.22. The highest BCUT2D eigenvalue weighted by molar-refractivity contribution is 6.61. The van der Waals surface area contributed by atoms with Crippen LogP contribution in [0.5, 0.6) is 5.75 Å². The summed E-state index contributed by atoms with van der Waals surface area (Å²) in [5, 5.41) is 15.2. The predicted octanol–water partition coefficient (Wildman–Crippen LogP) is 1.87. The zero-order chi connectivity index (χ0) is 16.4. The number of fused-ring (bicyclic) bond motifs is 1. The molecule has 0 aromatic heterocycles. The maximum absolute atomic E-state index is 12.2. The smallest absolute Gasteiger partial charge is 0.491 e. The van der Waals surface area contributed by atoms with Crippen molar-refractivity contribution in [3.63, 3.8) is 0 Å². The quantitative estimate of drug-likeness (QED) is 0.756. The lowest BCUT2D eigenvalue weighted by molar-refractivity contribution is 0.262. The van der Waals surface area contributed by atoms with Crippen LogP contribution in [0.2, 0.25) is 0 Å². The number of methoxy groups -OCH3 is 1. The maximum atomic E-state index is 12.2. The van der Waals surface area contributed by atoms with E-state index in [4.69, 9.17) is 9.39 Å². The van der Waals surface area contributed by atoms with Crippen LogP contribution >= 0.6 is 0 Å².